The molecule has 1 aromatic heterocycles. The minimum Gasteiger partial charge on any atom is -0.349 e. The van der Waals surface area contributed by atoms with Gasteiger partial charge < -0.3 is 10.6 Å². The standard InChI is InChI=1S/C23H21ClFN3O2S/c24-18-11-10-15(12-17(18)21(29)27-14-6-2-1-3-7-14)28-22(30)20-13-26-23(31-20)16-8-4-5-9-19(16)25/h4-5,8-14H,1-3,6-7H2,(H,27,29)(H,28,30). The highest BCUT2D eigenvalue weighted by Crippen LogP contribution is 2.28. The second-order valence-corrected chi connectivity index (χ2v) is 8.90. The van der Waals surface area contributed by atoms with Crippen LogP contribution in [0.25, 0.3) is 10.6 Å². The lowest BCUT2D eigenvalue weighted by Gasteiger charge is -2.23. The van der Waals surface area contributed by atoms with Gasteiger partial charge in [-0.2, -0.15) is 0 Å². The van der Waals surface area contributed by atoms with E-state index in [1.807, 2.05) is 0 Å². The molecular formula is C23H21ClFN3O2S. The molecule has 160 valence electrons. The molecule has 0 atom stereocenters. The number of amides is 2. The molecule has 1 heterocycles. The van der Waals surface area contributed by atoms with E-state index in [9.17, 15) is 14.0 Å². The van der Waals surface area contributed by atoms with Crippen molar-refractivity contribution in [2.45, 2.75) is 38.1 Å². The molecule has 0 saturated heterocycles. The number of thiazole rings is 1. The molecule has 4 rings (SSSR count). The van der Waals surface area contributed by atoms with Crippen LogP contribution in [0.4, 0.5) is 10.1 Å². The van der Waals surface area contributed by atoms with Gasteiger partial charge in [-0.25, -0.2) is 9.37 Å². The fourth-order valence-electron chi connectivity index (χ4n) is 3.62. The summed E-state index contributed by atoms with van der Waals surface area (Å²) in [5.41, 5.74) is 1.12. The van der Waals surface area contributed by atoms with E-state index in [0.29, 0.717) is 31.7 Å². The third kappa shape index (κ3) is 5.11. The Morgan fingerprint density at radius 1 is 1.06 bits per heavy atom. The molecule has 0 radical (unpaired) electrons. The summed E-state index contributed by atoms with van der Waals surface area (Å²) >= 11 is 7.33. The third-order valence-corrected chi connectivity index (χ3v) is 6.60. The van der Waals surface area contributed by atoms with Gasteiger partial charge in [-0.15, -0.1) is 11.3 Å². The maximum atomic E-state index is 14.0. The lowest BCUT2D eigenvalue weighted by Crippen LogP contribution is -2.36. The molecule has 0 aliphatic heterocycles. The number of halogens is 2. The van der Waals surface area contributed by atoms with Crippen LogP contribution in [-0.4, -0.2) is 22.8 Å². The van der Waals surface area contributed by atoms with Crippen molar-refractivity contribution in [1.82, 2.24) is 10.3 Å². The Morgan fingerprint density at radius 3 is 2.61 bits per heavy atom. The topological polar surface area (TPSA) is 71.1 Å². The quantitative estimate of drug-likeness (QED) is 0.499. The summed E-state index contributed by atoms with van der Waals surface area (Å²) < 4.78 is 14.0. The molecule has 0 bridgehead atoms. The summed E-state index contributed by atoms with van der Waals surface area (Å²) in [6, 6.07) is 11.2. The van der Waals surface area contributed by atoms with Crippen LogP contribution in [0.1, 0.15) is 52.1 Å². The highest BCUT2D eigenvalue weighted by Gasteiger charge is 2.20. The van der Waals surface area contributed by atoms with E-state index in [1.54, 1.807) is 36.4 Å². The molecule has 0 unspecified atom stereocenters. The van der Waals surface area contributed by atoms with Crippen LogP contribution in [0.3, 0.4) is 0 Å². The van der Waals surface area contributed by atoms with Gasteiger partial charge in [0.15, 0.2) is 0 Å². The first-order valence-corrected chi connectivity index (χ1v) is 11.3. The minimum absolute atomic E-state index is 0.157. The maximum Gasteiger partial charge on any atom is 0.267 e. The van der Waals surface area contributed by atoms with Crippen LogP contribution in [0.15, 0.2) is 48.7 Å². The molecule has 2 aromatic carbocycles. The average molecular weight is 458 g/mol. The Morgan fingerprint density at radius 2 is 1.84 bits per heavy atom. The zero-order valence-electron chi connectivity index (χ0n) is 16.7. The van der Waals surface area contributed by atoms with Crippen molar-refractivity contribution in [3.63, 3.8) is 0 Å². The van der Waals surface area contributed by atoms with Crippen molar-refractivity contribution in [1.29, 1.82) is 0 Å². The van der Waals surface area contributed by atoms with Crippen molar-refractivity contribution >= 4 is 40.4 Å². The molecule has 1 aliphatic rings. The van der Waals surface area contributed by atoms with E-state index in [-0.39, 0.29) is 17.9 Å². The third-order valence-electron chi connectivity index (χ3n) is 5.24. The van der Waals surface area contributed by atoms with Gasteiger partial charge in [0.25, 0.3) is 11.8 Å². The summed E-state index contributed by atoms with van der Waals surface area (Å²) in [4.78, 5) is 29.8. The molecular weight excluding hydrogens is 437 g/mol. The van der Waals surface area contributed by atoms with Crippen LogP contribution >= 0.6 is 22.9 Å². The van der Waals surface area contributed by atoms with Gasteiger partial charge in [-0.1, -0.05) is 43.0 Å². The largest absolute Gasteiger partial charge is 0.349 e. The predicted molar refractivity (Wildman–Crippen MR) is 121 cm³/mol. The Hall–Kier alpha value is -2.77. The van der Waals surface area contributed by atoms with E-state index < -0.39 is 5.82 Å². The van der Waals surface area contributed by atoms with E-state index in [1.165, 1.54) is 18.7 Å². The van der Waals surface area contributed by atoms with Crippen molar-refractivity contribution in [2.75, 3.05) is 5.32 Å². The normalized spacial score (nSPS) is 14.3. The molecule has 1 saturated carbocycles. The van der Waals surface area contributed by atoms with Crippen LogP contribution < -0.4 is 10.6 Å². The molecule has 8 heteroatoms. The number of benzene rings is 2. The Bertz CT molecular complexity index is 1110. The number of rotatable bonds is 5. The van der Waals surface area contributed by atoms with Crippen molar-refractivity contribution in [3.05, 3.63) is 69.9 Å². The van der Waals surface area contributed by atoms with Gasteiger partial charge in [0, 0.05) is 17.3 Å². The summed E-state index contributed by atoms with van der Waals surface area (Å²) in [6.45, 7) is 0. The zero-order valence-corrected chi connectivity index (χ0v) is 18.2. The Balaban J connectivity index is 1.47. The Labute approximate surface area is 188 Å². The smallest absolute Gasteiger partial charge is 0.267 e. The lowest BCUT2D eigenvalue weighted by molar-refractivity contribution is 0.0927. The SMILES string of the molecule is O=C(Nc1ccc(Cl)c(C(=O)NC2CCCCC2)c1)c1cnc(-c2ccccc2F)s1. The summed E-state index contributed by atoms with van der Waals surface area (Å²) in [5, 5.41) is 6.55. The predicted octanol–water partition coefficient (Wildman–Crippen LogP) is 5.92. The first-order valence-electron chi connectivity index (χ1n) is 10.1. The van der Waals surface area contributed by atoms with Crippen LogP contribution in [-0.2, 0) is 0 Å². The van der Waals surface area contributed by atoms with E-state index in [2.05, 4.69) is 15.6 Å². The number of nitrogens with zero attached hydrogens (tertiary/aromatic N) is 1. The number of carbonyl (C=O) groups is 2. The van der Waals surface area contributed by atoms with Crippen molar-refractivity contribution in [3.8, 4) is 10.6 Å². The molecule has 2 N–H and O–H groups in total. The van der Waals surface area contributed by atoms with Gasteiger partial charge in [0.2, 0.25) is 0 Å². The number of hydrogen-bond donors (Lipinski definition) is 2. The van der Waals surface area contributed by atoms with E-state index in [0.717, 1.165) is 37.0 Å². The second-order valence-electron chi connectivity index (χ2n) is 7.47. The van der Waals surface area contributed by atoms with E-state index >= 15 is 0 Å². The Kier molecular flexibility index (Phi) is 6.63. The van der Waals surface area contributed by atoms with Gasteiger partial charge >= 0.3 is 0 Å². The van der Waals surface area contributed by atoms with Crippen LogP contribution in [0, 0.1) is 5.82 Å². The highest BCUT2D eigenvalue weighted by molar-refractivity contribution is 7.17. The monoisotopic (exact) mass is 457 g/mol. The van der Waals surface area contributed by atoms with Crippen molar-refractivity contribution < 1.29 is 14.0 Å². The number of aromatic nitrogens is 1. The fraction of sp³-hybridized carbons (Fsp3) is 0.261. The van der Waals surface area contributed by atoms with Crippen LogP contribution in [0.5, 0.6) is 0 Å². The summed E-state index contributed by atoms with van der Waals surface area (Å²) in [6.07, 6.45) is 6.77. The lowest BCUT2D eigenvalue weighted by atomic mass is 9.95. The van der Waals surface area contributed by atoms with Gasteiger partial charge in [-0.3, -0.25) is 9.59 Å². The number of hydrogen-bond acceptors (Lipinski definition) is 4. The van der Waals surface area contributed by atoms with Gasteiger partial charge in [0.05, 0.1) is 16.8 Å². The number of anilines is 1. The first kappa shape index (κ1) is 21.5. The average Bonchev–Trinajstić information content (AvgIpc) is 3.26. The molecule has 1 fully saturated rings. The van der Waals surface area contributed by atoms with Crippen molar-refractivity contribution in [2.24, 2.45) is 0 Å². The summed E-state index contributed by atoms with van der Waals surface area (Å²) in [5.74, 6) is -1.02. The summed E-state index contributed by atoms with van der Waals surface area (Å²) in [7, 11) is 0. The zero-order chi connectivity index (χ0) is 21.8. The number of carbonyl (C=O) groups excluding carboxylic acids is 2. The molecule has 0 spiro atoms. The first-order chi connectivity index (χ1) is 15.0. The second kappa shape index (κ2) is 9.58. The van der Waals surface area contributed by atoms with Gasteiger partial charge in [0.1, 0.15) is 15.7 Å². The fourth-order valence-corrected chi connectivity index (χ4v) is 4.66. The number of nitrogens with one attached hydrogen (secondary N) is 2. The maximum absolute atomic E-state index is 14.0. The molecule has 5 nitrogen and oxygen atoms in total. The molecule has 2 amide bonds. The molecule has 1 aliphatic carbocycles. The highest BCUT2D eigenvalue weighted by atomic mass is 35.5. The molecule has 3 aromatic rings. The van der Waals surface area contributed by atoms with E-state index in [4.69, 9.17) is 11.6 Å². The van der Waals surface area contributed by atoms with Crippen LogP contribution in [0.2, 0.25) is 5.02 Å². The van der Waals surface area contributed by atoms with Gasteiger partial charge in [-0.05, 0) is 43.2 Å². The molecule has 31 heavy (non-hydrogen) atoms. The minimum atomic E-state index is -0.393.